The molecule has 0 radical (unpaired) electrons. The largest absolute Gasteiger partial charge is 0.486 e. The minimum Gasteiger partial charge on any atom is -0.486 e. The Labute approximate surface area is 189 Å². The van der Waals surface area contributed by atoms with Crippen LogP contribution in [0.15, 0.2) is 84.3 Å². The number of fused-ring (bicyclic) bond motifs is 2. The van der Waals surface area contributed by atoms with Crippen LogP contribution in [0, 0.1) is 0 Å². The van der Waals surface area contributed by atoms with Crippen LogP contribution in [0.25, 0.3) is 33.3 Å². The Kier molecular flexibility index (Phi) is 4.44. The summed E-state index contributed by atoms with van der Waals surface area (Å²) in [6, 6.07) is 16.0. The fourth-order valence-corrected chi connectivity index (χ4v) is 5.04. The van der Waals surface area contributed by atoms with Crippen LogP contribution in [-0.4, -0.2) is 40.8 Å². The summed E-state index contributed by atoms with van der Waals surface area (Å²) in [5.74, 6) is 1.44. The van der Waals surface area contributed by atoms with Crippen LogP contribution in [0.1, 0.15) is 0 Å². The van der Waals surface area contributed by atoms with Crippen molar-refractivity contribution in [1.82, 2.24) is 19.2 Å². The van der Waals surface area contributed by atoms with E-state index in [1.807, 2.05) is 30.5 Å². The topological polar surface area (TPSA) is 99.1 Å². The van der Waals surface area contributed by atoms with Crippen molar-refractivity contribution in [2.45, 2.75) is 4.90 Å². The van der Waals surface area contributed by atoms with Gasteiger partial charge in [-0.25, -0.2) is 4.98 Å². The zero-order chi connectivity index (χ0) is 22.4. The van der Waals surface area contributed by atoms with Crippen LogP contribution in [0.5, 0.6) is 11.5 Å². The maximum absolute atomic E-state index is 12.9. The van der Waals surface area contributed by atoms with Crippen molar-refractivity contribution in [3.05, 3.63) is 79.4 Å². The zero-order valence-electron chi connectivity index (χ0n) is 17.3. The van der Waals surface area contributed by atoms with Gasteiger partial charge in [0.15, 0.2) is 11.5 Å². The van der Waals surface area contributed by atoms with Crippen LogP contribution >= 0.6 is 0 Å². The lowest BCUT2D eigenvalue weighted by atomic mass is 10.0. The summed E-state index contributed by atoms with van der Waals surface area (Å²) in [6.07, 6.45) is 6.65. The van der Waals surface area contributed by atoms with Gasteiger partial charge in [0.05, 0.1) is 17.3 Å². The predicted octanol–water partition coefficient (Wildman–Crippen LogP) is 4.10. The van der Waals surface area contributed by atoms with Gasteiger partial charge >= 0.3 is 0 Å². The molecule has 164 valence electrons. The molecule has 8 nitrogen and oxygen atoms in total. The number of nitrogens with one attached hydrogen (secondary N) is 1. The number of hydrogen-bond acceptors (Lipinski definition) is 6. The third-order valence-electron chi connectivity index (χ3n) is 5.57. The molecule has 1 aliphatic rings. The highest BCUT2D eigenvalue weighted by Crippen LogP contribution is 2.36. The van der Waals surface area contributed by atoms with Gasteiger partial charge in [-0.05, 0) is 35.9 Å². The van der Waals surface area contributed by atoms with Gasteiger partial charge in [-0.15, -0.1) is 0 Å². The van der Waals surface area contributed by atoms with Crippen molar-refractivity contribution in [3.8, 4) is 33.8 Å². The lowest BCUT2D eigenvalue weighted by molar-refractivity contribution is 0.171. The number of nitrogens with zero attached hydrogens (tertiary/aromatic N) is 3. The first-order valence-electron chi connectivity index (χ1n) is 10.3. The Morgan fingerprint density at radius 3 is 2.55 bits per heavy atom. The molecule has 0 aliphatic carbocycles. The van der Waals surface area contributed by atoms with Gasteiger partial charge in [-0.1, -0.05) is 24.3 Å². The van der Waals surface area contributed by atoms with Gasteiger partial charge in [0.1, 0.15) is 18.9 Å². The molecule has 33 heavy (non-hydrogen) atoms. The highest BCUT2D eigenvalue weighted by molar-refractivity contribution is 7.89. The Morgan fingerprint density at radius 2 is 1.70 bits per heavy atom. The van der Waals surface area contributed by atoms with Crippen molar-refractivity contribution in [2.75, 3.05) is 13.2 Å². The van der Waals surface area contributed by atoms with Crippen LogP contribution in [0.4, 0.5) is 0 Å². The van der Waals surface area contributed by atoms with E-state index in [2.05, 4.69) is 15.1 Å². The minimum atomic E-state index is -3.77. The van der Waals surface area contributed by atoms with E-state index in [1.54, 1.807) is 42.7 Å². The van der Waals surface area contributed by atoms with Gasteiger partial charge < -0.3 is 14.5 Å². The Hall–Kier alpha value is -4.11. The third kappa shape index (κ3) is 3.33. The molecule has 0 fully saturated rings. The highest BCUT2D eigenvalue weighted by atomic mass is 32.2. The van der Waals surface area contributed by atoms with Gasteiger partial charge in [0.2, 0.25) is 0 Å². The first-order valence-corrected chi connectivity index (χ1v) is 11.8. The minimum absolute atomic E-state index is 0.182. The monoisotopic (exact) mass is 458 g/mol. The van der Waals surface area contributed by atoms with Crippen LogP contribution in [0.2, 0.25) is 0 Å². The van der Waals surface area contributed by atoms with Crippen molar-refractivity contribution >= 4 is 21.1 Å². The van der Waals surface area contributed by atoms with E-state index < -0.39 is 10.0 Å². The lowest BCUT2D eigenvalue weighted by Crippen LogP contribution is -2.15. The van der Waals surface area contributed by atoms with Gasteiger partial charge in [0, 0.05) is 34.5 Å². The molecule has 5 aromatic rings. The number of hydrogen-bond donors (Lipinski definition) is 1. The second kappa shape index (κ2) is 7.49. The fraction of sp³-hybridized carbons (Fsp3) is 0.0833. The molecular weight excluding hydrogens is 440 g/mol. The van der Waals surface area contributed by atoms with Crippen molar-refractivity contribution < 1.29 is 17.9 Å². The smallest absolute Gasteiger partial charge is 0.282 e. The number of pyridine rings is 1. The number of ether oxygens (including phenoxy) is 2. The van der Waals surface area contributed by atoms with E-state index >= 15 is 0 Å². The zero-order valence-corrected chi connectivity index (χ0v) is 18.1. The SMILES string of the molecule is O=S(=O)(c1ccccc1)n1cc(-c2c[nH]c3ncc(-c4ccc5c(c4)OCCO5)cc23)cn1. The second-order valence-corrected chi connectivity index (χ2v) is 9.40. The van der Waals surface area contributed by atoms with Crippen LogP contribution in [-0.2, 0) is 10.0 Å². The summed E-state index contributed by atoms with van der Waals surface area (Å²) in [6.45, 7) is 1.06. The van der Waals surface area contributed by atoms with Crippen LogP contribution in [0.3, 0.4) is 0 Å². The molecule has 0 bridgehead atoms. The summed E-state index contributed by atoms with van der Waals surface area (Å²) >= 11 is 0. The Morgan fingerprint density at radius 1 is 0.879 bits per heavy atom. The molecule has 1 aliphatic heterocycles. The first kappa shape index (κ1) is 19.6. The van der Waals surface area contributed by atoms with E-state index in [0.717, 1.165) is 31.9 Å². The molecule has 3 aromatic heterocycles. The number of aromatic amines is 1. The molecular formula is C24H18N4O4S. The number of benzene rings is 2. The van der Waals surface area contributed by atoms with Crippen molar-refractivity contribution in [1.29, 1.82) is 0 Å². The van der Waals surface area contributed by atoms with E-state index in [1.165, 1.54) is 6.20 Å². The Balaban J connectivity index is 1.40. The normalized spacial score (nSPS) is 13.3. The molecule has 0 unspecified atom stereocenters. The van der Waals surface area contributed by atoms with E-state index in [0.29, 0.717) is 30.2 Å². The Bertz CT molecular complexity index is 1590. The molecule has 0 atom stereocenters. The average Bonchev–Trinajstić information content (AvgIpc) is 3.51. The molecule has 1 N–H and O–H groups in total. The van der Waals surface area contributed by atoms with Gasteiger partial charge in [-0.2, -0.15) is 17.6 Å². The maximum atomic E-state index is 12.9. The summed E-state index contributed by atoms with van der Waals surface area (Å²) in [5.41, 5.74) is 4.03. The molecule has 6 rings (SSSR count). The number of H-pyrrole nitrogens is 1. The standard InChI is InChI=1S/C24H18N4O4S/c29-33(30,19-4-2-1-3-5-19)28-15-18(13-27-28)21-14-26-24-20(21)10-17(12-25-24)16-6-7-22-23(11-16)32-9-8-31-22/h1-7,10-15H,8-9H2,(H,25,26). The summed E-state index contributed by atoms with van der Waals surface area (Å²) in [4.78, 5) is 7.88. The second-order valence-electron chi connectivity index (χ2n) is 7.60. The predicted molar refractivity (Wildman–Crippen MR) is 123 cm³/mol. The maximum Gasteiger partial charge on any atom is 0.282 e. The molecule has 0 amide bonds. The molecule has 4 heterocycles. The average molecular weight is 458 g/mol. The molecule has 9 heteroatoms. The fourth-order valence-electron chi connectivity index (χ4n) is 3.90. The van der Waals surface area contributed by atoms with Gasteiger partial charge in [0.25, 0.3) is 10.0 Å². The summed E-state index contributed by atoms with van der Waals surface area (Å²) < 4.78 is 38.1. The first-order chi connectivity index (χ1) is 16.1. The molecule has 0 saturated heterocycles. The van der Waals surface area contributed by atoms with E-state index in [-0.39, 0.29) is 4.90 Å². The summed E-state index contributed by atoms with van der Waals surface area (Å²) in [7, 11) is -3.77. The van der Waals surface area contributed by atoms with E-state index in [9.17, 15) is 8.42 Å². The lowest BCUT2D eigenvalue weighted by Gasteiger charge is -2.18. The van der Waals surface area contributed by atoms with Crippen molar-refractivity contribution in [3.63, 3.8) is 0 Å². The highest BCUT2D eigenvalue weighted by Gasteiger charge is 2.19. The molecule has 0 spiro atoms. The number of aromatic nitrogens is 4. The van der Waals surface area contributed by atoms with Gasteiger partial charge in [-0.3, -0.25) is 0 Å². The van der Waals surface area contributed by atoms with Crippen LogP contribution < -0.4 is 9.47 Å². The quantitative estimate of drug-likeness (QED) is 0.435. The molecule has 0 saturated carbocycles. The number of rotatable bonds is 4. The van der Waals surface area contributed by atoms with E-state index in [4.69, 9.17) is 9.47 Å². The van der Waals surface area contributed by atoms with Crippen molar-refractivity contribution in [2.24, 2.45) is 0 Å². The summed E-state index contributed by atoms with van der Waals surface area (Å²) in [5, 5.41) is 4.98. The third-order valence-corrected chi connectivity index (χ3v) is 7.13. The molecule has 2 aromatic carbocycles.